The summed E-state index contributed by atoms with van der Waals surface area (Å²) in [4.78, 5) is 28.1. The van der Waals surface area contributed by atoms with Gasteiger partial charge < -0.3 is 10.2 Å². The third-order valence-corrected chi connectivity index (χ3v) is 4.77. The zero-order valence-electron chi connectivity index (χ0n) is 14.7. The Morgan fingerprint density at radius 2 is 1.84 bits per heavy atom. The van der Waals surface area contributed by atoms with Gasteiger partial charge in [0.1, 0.15) is 5.82 Å². The molecule has 7 heteroatoms. The minimum absolute atomic E-state index is 0.00701. The SMILES string of the molecule is CCC(CC)NC(=O)CN1CCN(C(=O)c2cc(Cl)ccc2F)CC1. The number of benzene rings is 1. The first-order chi connectivity index (χ1) is 11.9. The van der Waals surface area contributed by atoms with Crippen molar-refractivity contribution in [3.05, 3.63) is 34.6 Å². The Labute approximate surface area is 153 Å². The van der Waals surface area contributed by atoms with Crippen molar-refractivity contribution in [2.75, 3.05) is 32.7 Å². The van der Waals surface area contributed by atoms with E-state index < -0.39 is 5.82 Å². The topological polar surface area (TPSA) is 52.7 Å². The molecule has 1 fully saturated rings. The average molecular weight is 370 g/mol. The second kappa shape index (κ2) is 9.15. The van der Waals surface area contributed by atoms with Crippen LogP contribution in [0.1, 0.15) is 37.0 Å². The van der Waals surface area contributed by atoms with E-state index in [4.69, 9.17) is 11.6 Å². The quantitative estimate of drug-likeness (QED) is 0.838. The van der Waals surface area contributed by atoms with Crippen molar-refractivity contribution in [1.29, 1.82) is 0 Å². The lowest BCUT2D eigenvalue weighted by molar-refractivity contribution is -0.123. The Kier molecular flexibility index (Phi) is 7.20. The van der Waals surface area contributed by atoms with Crippen LogP contribution < -0.4 is 5.32 Å². The van der Waals surface area contributed by atoms with Crippen LogP contribution >= 0.6 is 11.6 Å². The van der Waals surface area contributed by atoms with Crippen molar-refractivity contribution in [2.45, 2.75) is 32.7 Å². The number of hydrogen-bond donors (Lipinski definition) is 1. The summed E-state index contributed by atoms with van der Waals surface area (Å²) in [6.45, 7) is 6.52. The lowest BCUT2D eigenvalue weighted by Crippen LogP contribution is -2.52. The zero-order chi connectivity index (χ0) is 18.4. The van der Waals surface area contributed by atoms with Crippen LogP contribution in [0.25, 0.3) is 0 Å². The van der Waals surface area contributed by atoms with Gasteiger partial charge in [-0.3, -0.25) is 14.5 Å². The van der Waals surface area contributed by atoms with Crippen LogP contribution in [0.5, 0.6) is 0 Å². The van der Waals surface area contributed by atoms with Crippen LogP contribution in [0.3, 0.4) is 0 Å². The van der Waals surface area contributed by atoms with Gasteiger partial charge in [0.05, 0.1) is 12.1 Å². The Bertz CT molecular complexity index is 614. The summed E-state index contributed by atoms with van der Waals surface area (Å²) in [7, 11) is 0. The van der Waals surface area contributed by atoms with E-state index in [1.807, 2.05) is 18.7 Å². The summed E-state index contributed by atoms with van der Waals surface area (Å²) in [5.74, 6) is -0.920. The summed E-state index contributed by atoms with van der Waals surface area (Å²) >= 11 is 5.86. The van der Waals surface area contributed by atoms with Crippen LogP contribution in [0.2, 0.25) is 5.02 Å². The van der Waals surface area contributed by atoms with Gasteiger partial charge in [0.2, 0.25) is 5.91 Å². The second-order valence-electron chi connectivity index (χ2n) is 6.27. The highest BCUT2D eigenvalue weighted by Crippen LogP contribution is 2.17. The fourth-order valence-electron chi connectivity index (χ4n) is 2.91. The minimum Gasteiger partial charge on any atom is -0.352 e. The van der Waals surface area contributed by atoms with Crippen molar-refractivity contribution >= 4 is 23.4 Å². The van der Waals surface area contributed by atoms with E-state index in [0.717, 1.165) is 12.8 Å². The smallest absolute Gasteiger partial charge is 0.256 e. The van der Waals surface area contributed by atoms with Gasteiger partial charge in [0.15, 0.2) is 0 Å². The first-order valence-corrected chi connectivity index (χ1v) is 9.08. The molecule has 2 amide bonds. The van der Waals surface area contributed by atoms with Crippen LogP contribution in [-0.4, -0.2) is 60.4 Å². The molecular weight excluding hydrogens is 345 g/mol. The molecule has 1 heterocycles. The predicted molar refractivity (Wildman–Crippen MR) is 96.3 cm³/mol. The van der Waals surface area contributed by atoms with E-state index in [-0.39, 0.29) is 23.4 Å². The van der Waals surface area contributed by atoms with Crippen LogP contribution in [0, 0.1) is 5.82 Å². The molecule has 0 aliphatic carbocycles. The molecule has 1 aromatic rings. The fourth-order valence-corrected chi connectivity index (χ4v) is 3.08. The maximum Gasteiger partial charge on any atom is 0.256 e. The van der Waals surface area contributed by atoms with Gasteiger partial charge in [-0.25, -0.2) is 4.39 Å². The van der Waals surface area contributed by atoms with Gasteiger partial charge >= 0.3 is 0 Å². The normalized spacial score (nSPS) is 15.5. The number of carbonyl (C=O) groups is 2. The number of rotatable bonds is 6. The molecule has 1 aliphatic heterocycles. The predicted octanol–water partition coefficient (Wildman–Crippen LogP) is 2.54. The maximum atomic E-state index is 13.8. The lowest BCUT2D eigenvalue weighted by atomic mass is 10.1. The number of carbonyl (C=O) groups excluding carboxylic acids is 2. The Hall–Kier alpha value is -1.66. The lowest BCUT2D eigenvalue weighted by Gasteiger charge is -2.34. The summed E-state index contributed by atoms with van der Waals surface area (Å²) in [6, 6.07) is 4.19. The molecule has 0 spiro atoms. The number of halogens is 2. The molecule has 0 unspecified atom stereocenters. The molecule has 25 heavy (non-hydrogen) atoms. The van der Waals surface area contributed by atoms with Crippen molar-refractivity contribution in [3.63, 3.8) is 0 Å². The number of piperazine rings is 1. The Morgan fingerprint density at radius 3 is 2.44 bits per heavy atom. The van der Waals surface area contributed by atoms with E-state index in [9.17, 15) is 14.0 Å². The monoisotopic (exact) mass is 369 g/mol. The molecule has 1 saturated heterocycles. The van der Waals surface area contributed by atoms with Gasteiger partial charge in [-0.05, 0) is 31.0 Å². The Morgan fingerprint density at radius 1 is 1.20 bits per heavy atom. The molecule has 0 saturated carbocycles. The summed E-state index contributed by atoms with van der Waals surface area (Å²) in [6.07, 6.45) is 1.82. The molecule has 2 rings (SSSR count). The van der Waals surface area contributed by atoms with Crippen LogP contribution in [0.15, 0.2) is 18.2 Å². The molecule has 1 N–H and O–H groups in total. The first-order valence-electron chi connectivity index (χ1n) is 8.70. The summed E-state index contributed by atoms with van der Waals surface area (Å²) < 4.78 is 13.8. The molecule has 0 atom stereocenters. The van der Waals surface area contributed by atoms with Gasteiger partial charge in [0, 0.05) is 37.2 Å². The first kappa shape index (κ1) is 19.7. The molecule has 0 bridgehead atoms. The minimum atomic E-state index is -0.568. The average Bonchev–Trinajstić information content (AvgIpc) is 2.61. The van der Waals surface area contributed by atoms with Gasteiger partial charge in [-0.1, -0.05) is 25.4 Å². The van der Waals surface area contributed by atoms with Crippen LogP contribution in [-0.2, 0) is 4.79 Å². The number of nitrogens with zero attached hydrogens (tertiary/aromatic N) is 2. The van der Waals surface area contributed by atoms with E-state index in [1.165, 1.54) is 18.2 Å². The highest BCUT2D eigenvalue weighted by molar-refractivity contribution is 6.31. The molecule has 138 valence electrons. The standard InChI is InChI=1S/C18H25ClFN3O2/c1-3-14(4-2)21-17(24)12-22-7-9-23(10-8-22)18(25)15-11-13(19)5-6-16(15)20/h5-6,11,14H,3-4,7-10,12H2,1-2H3,(H,21,24). The highest BCUT2D eigenvalue weighted by Gasteiger charge is 2.25. The number of amides is 2. The van der Waals surface area contributed by atoms with Crippen molar-refractivity contribution < 1.29 is 14.0 Å². The second-order valence-corrected chi connectivity index (χ2v) is 6.71. The van der Waals surface area contributed by atoms with Crippen molar-refractivity contribution in [1.82, 2.24) is 15.1 Å². The van der Waals surface area contributed by atoms with E-state index in [2.05, 4.69) is 5.32 Å². The highest BCUT2D eigenvalue weighted by atomic mass is 35.5. The molecule has 0 aromatic heterocycles. The third-order valence-electron chi connectivity index (χ3n) is 4.54. The molecular formula is C18H25ClFN3O2. The number of nitrogens with one attached hydrogen (secondary N) is 1. The summed E-state index contributed by atoms with van der Waals surface area (Å²) in [5.41, 5.74) is -0.00701. The van der Waals surface area contributed by atoms with Gasteiger partial charge in [-0.15, -0.1) is 0 Å². The van der Waals surface area contributed by atoms with E-state index in [1.54, 1.807) is 4.90 Å². The molecule has 1 aliphatic rings. The fraction of sp³-hybridized carbons (Fsp3) is 0.556. The van der Waals surface area contributed by atoms with E-state index in [0.29, 0.717) is 37.7 Å². The number of hydrogen-bond acceptors (Lipinski definition) is 3. The largest absolute Gasteiger partial charge is 0.352 e. The van der Waals surface area contributed by atoms with E-state index >= 15 is 0 Å². The zero-order valence-corrected chi connectivity index (χ0v) is 15.5. The van der Waals surface area contributed by atoms with Crippen molar-refractivity contribution in [2.24, 2.45) is 0 Å². The molecule has 0 radical (unpaired) electrons. The Balaban J connectivity index is 1.86. The van der Waals surface area contributed by atoms with Crippen LogP contribution in [0.4, 0.5) is 4.39 Å². The van der Waals surface area contributed by atoms with Gasteiger partial charge in [-0.2, -0.15) is 0 Å². The van der Waals surface area contributed by atoms with Gasteiger partial charge in [0.25, 0.3) is 5.91 Å². The maximum absolute atomic E-state index is 13.8. The molecule has 1 aromatic carbocycles. The third kappa shape index (κ3) is 5.41. The van der Waals surface area contributed by atoms with Crippen molar-refractivity contribution in [3.8, 4) is 0 Å². The summed E-state index contributed by atoms with van der Waals surface area (Å²) in [5, 5.41) is 3.35. The molecule has 5 nitrogen and oxygen atoms in total.